The van der Waals surface area contributed by atoms with Gasteiger partial charge < -0.3 is 16.2 Å². The highest BCUT2D eigenvalue weighted by Gasteiger charge is 2.08. The minimum Gasteiger partial charge on any atom is -0.383 e. The highest BCUT2D eigenvalue weighted by Crippen LogP contribution is 2.04. The molecule has 0 spiro atoms. The van der Waals surface area contributed by atoms with Crippen LogP contribution in [0.15, 0.2) is 4.79 Å². The molecule has 0 atom stereocenters. The summed E-state index contributed by atoms with van der Waals surface area (Å²) >= 11 is 0. The number of anilines is 2. The lowest BCUT2D eigenvalue weighted by Gasteiger charge is -2.10. The summed E-state index contributed by atoms with van der Waals surface area (Å²) in [5.41, 5.74) is 11.3. The van der Waals surface area contributed by atoms with E-state index in [0.717, 1.165) is 0 Å². The van der Waals surface area contributed by atoms with E-state index in [2.05, 4.69) is 4.98 Å². The largest absolute Gasteiger partial charge is 0.383 e. The standard InChI is InChI=1S/C9H16N4O2/c1-3-15-5-4-13-8(14)6(2)7(10)12-9(13)11/h3-5,10H2,1-2H3,(H2,11,12). The summed E-state index contributed by atoms with van der Waals surface area (Å²) in [6.07, 6.45) is 0. The zero-order chi connectivity index (χ0) is 11.4. The van der Waals surface area contributed by atoms with Crippen LogP contribution in [0.1, 0.15) is 12.5 Å². The fourth-order valence-corrected chi connectivity index (χ4v) is 1.20. The van der Waals surface area contributed by atoms with Gasteiger partial charge in [0.2, 0.25) is 5.95 Å². The average molecular weight is 212 g/mol. The second-order valence-corrected chi connectivity index (χ2v) is 3.13. The topological polar surface area (TPSA) is 96.2 Å². The Morgan fingerprint density at radius 3 is 2.73 bits per heavy atom. The van der Waals surface area contributed by atoms with Gasteiger partial charge in [0.1, 0.15) is 5.82 Å². The van der Waals surface area contributed by atoms with Gasteiger partial charge in [-0.05, 0) is 13.8 Å². The van der Waals surface area contributed by atoms with Crippen LogP contribution in [-0.4, -0.2) is 22.8 Å². The molecule has 6 heteroatoms. The number of nitrogen functional groups attached to an aromatic ring is 2. The average Bonchev–Trinajstić information content (AvgIpc) is 2.20. The normalized spacial score (nSPS) is 10.5. The molecule has 15 heavy (non-hydrogen) atoms. The molecule has 0 aliphatic rings. The maximum atomic E-state index is 11.7. The molecule has 0 aliphatic carbocycles. The van der Waals surface area contributed by atoms with Crippen LogP contribution in [0.3, 0.4) is 0 Å². The van der Waals surface area contributed by atoms with Crippen molar-refractivity contribution in [2.24, 2.45) is 0 Å². The van der Waals surface area contributed by atoms with Crippen molar-refractivity contribution in [2.45, 2.75) is 20.4 Å². The van der Waals surface area contributed by atoms with Crippen LogP contribution in [-0.2, 0) is 11.3 Å². The number of hydrogen-bond acceptors (Lipinski definition) is 5. The van der Waals surface area contributed by atoms with Gasteiger partial charge in [-0.2, -0.15) is 4.98 Å². The van der Waals surface area contributed by atoms with E-state index < -0.39 is 0 Å². The molecule has 84 valence electrons. The molecule has 0 amide bonds. The van der Waals surface area contributed by atoms with Crippen molar-refractivity contribution in [3.05, 3.63) is 15.9 Å². The third-order valence-electron chi connectivity index (χ3n) is 2.13. The highest BCUT2D eigenvalue weighted by atomic mass is 16.5. The number of hydrogen-bond donors (Lipinski definition) is 2. The Morgan fingerprint density at radius 2 is 2.13 bits per heavy atom. The van der Waals surface area contributed by atoms with Crippen molar-refractivity contribution < 1.29 is 4.74 Å². The second kappa shape index (κ2) is 4.79. The summed E-state index contributed by atoms with van der Waals surface area (Å²) < 4.78 is 6.51. The van der Waals surface area contributed by atoms with Gasteiger partial charge in [0.15, 0.2) is 0 Å². The van der Waals surface area contributed by atoms with Crippen LogP contribution in [0.5, 0.6) is 0 Å². The molecule has 0 aromatic carbocycles. The highest BCUT2D eigenvalue weighted by molar-refractivity contribution is 5.41. The van der Waals surface area contributed by atoms with Crippen molar-refractivity contribution in [1.29, 1.82) is 0 Å². The van der Waals surface area contributed by atoms with Gasteiger partial charge in [-0.1, -0.05) is 0 Å². The Bertz CT molecular complexity index is 400. The molecule has 4 N–H and O–H groups in total. The van der Waals surface area contributed by atoms with Crippen LogP contribution >= 0.6 is 0 Å². The van der Waals surface area contributed by atoms with Gasteiger partial charge >= 0.3 is 0 Å². The summed E-state index contributed by atoms with van der Waals surface area (Å²) in [5, 5.41) is 0. The molecule has 0 bridgehead atoms. The molecule has 0 radical (unpaired) electrons. The Balaban J connectivity index is 2.97. The summed E-state index contributed by atoms with van der Waals surface area (Å²) in [7, 11) is 0. The molecule has 0 fully saturated rings. The Hall–Kier alpha value is -1.56. The zero-order valence-corrected chi connectivity index (χ0v) is 8.99. The monoisotopic (exact) mass is 212 g/mol. The minimum atomic E-state index is -0.209. The number of nitrogens with zero attached hydrogens (tertiary/aromatic N) is 2. The number of aromatic nitrogens is 2. The molecular formula is C9H16N4O2. The molecule has 0 saturated heterocycles. The lowest BCUT2D eigenvalue weighted by Crippen LogP contribution is -2.29. The lowest BCUT2D eigenvalue weighted by molar-refractivity contribution is 0.138. The molecule has 6 nitrogen and oxygen atoms in total. The first-order valence-corrected chi connectivity index (χ1v) is 4.78. The van der Waals surface area contributed by atoms with E-state index in [-0.39, 0.29) is 17.3 Å². The van der Waals surface area contributed by atoms with E-state index >= 15 is 0 Å². The first-order valence-electron chi connectivity index (χ1n) is 4.78. The lowest BCUT2D eigenvalue weighted by atomic mass is 10.3. The third-order valence-corrected chi connectivity index (χ3v) is 2.13. The minimum absolute atomic E-state index is 0.128. The van der Waals surface area contributed by atoms with E-state index in [1.165, 1.54) is 4.57 Å². The van der Waals surface area contributed by atoms with Crippen molar-refractivity contribution in [1.82, 2.24) is 9.55 Å². The smallest absolute Gasteiger partial charge is 0.260 e. The zero-order valence-electron chi connectivity index (χ0n) is 8.99. The van der Waals surface area contributed by atoms with Gasteiger partial charge in [0, 0.05) is 6.61 Å². The summed E-state index contributed by atoms with van der Waals surface area (Å²) in [4.78, 5) is 15.6. The van der Waals surface area contributed by atoms with Gasteiger partial charge in [-0.15, -0.1) is 0 Å². The summed E-state index contributed by atoms with van der Waals surface area (Å²) in [5.74, 6) is 0.313. The van der Waals surface area contributed by atoms with Crippen molar-refractivity contribution in [3.8, 4) is 0 Å². The molecule has 1 aromatic rings. The van der Waals surface area contributed by atoms with Crippen LogP contribution in [0.4, 0.5) is 11.8 Å². The van der Waals surface area contributed by atoms with Crippen molar-refractivity contribution in [2.75, 3.05) is 24.7 Å². The molecule has 1 heterocycles. The number of nitrogens with two attached hydrogens (primary N) is 2. The van der Waals surface area contributed by atoms with Gasteiger partial charge in [-0.3, -0.25) is 9.36 Å². The Kier molecular flexibility index (Phi) is 3.68. The molecule has 0 aliphatic heterocycles. The summed E-state index contributed by atoms with van der Waals surface area (Å²) in [6, 6.07) is 0. The first-order chi connectivity index (χ1) is 7.07. The maximum Gasteiger partial charge on any atom is 0.260 e. The SMILES string of the molecule is CCOCCn1c(N)nc(N)c(C)c1=O. The van der Waals surface area contributed by atoms with Crippen molar-refractivity contribution in [3.63, 3.8) is 0 Å². The van der Waals surface area contributed by atoms with Gasteiger partial charge in [0.05, 0.1) is 18.7 Å². The fourth-order valence-electron chi connectivity index (χ4n) is 1.20. The van der Waals surface area contributed by atoms with E-state index in [4.69, 9.17) is 16.2 Å². The predicted molar refractivity (Wildman–Crippen MR) is 58.6 cm³/mol. The van der Waals surface area contributed by atoms with Crippen LogP contribution in [0.2, 0.25) is 0 Å². The van der Waals surface area contributed by atoms with E-state index in [1.54, 1.807) is 6.92 Å². The Labute approximate surface area is 87.9 Å². The quantitative estimate of drug-likeness (QED) is 0.671. The van der Waals surface area contributed by atoms with Crippen LogP contribution in [0.25, 0.3) is 0 Å². The first kappa shape index (κ1) is 11.5. The van der Waals surface area contributed by atoms with Crippen LogP contribution < -0.4 is 17.0 Å². The van der Waals surface area contributed by atoms with Gasteiger partial charge in [0.25, 0.3) is 5.56 Å². The maximum absolute atomic E-state index is 11.7. The number of rotatable bonds is 4. The van der Waals surface area contributed by atoms with Crippen LogP contribution in [0, 0.1) is 6.92 Å². The third kappa shape index (κ3) is 2.47. The van der Waals surface area contributed by atoms with Gasteiger partial charge in [-0.25, -0.2) is 0 Å². The molecular weight excluding hydrogens is 196 g/mol. The summed E-state index contributed by atoms with van der Waals surface area (Å²) in [6.45, 7) is 4.95. The molecule has 1 rings (SSSR count). The Morgan fingerprint density at radius 1 is 1.47 bits per heavy atom. The second-order valence-electron chi connectivity index (χ2n) is 3.13. The van der Waals surface area contributed by atoms with E-state index in [9.17, 15) is 4.79 Å². The van der Waals surface area contributed by atoms with E-state index in [0.29, 0.717) is 25.3 Å². The molecule has 0 saturated carbocycles. The number of ether oxygens (including phenoxy) is 1. The molecule has 1 aromatic heterocycles. The fraction of sp³-hybridized carbons (Fsp3) is 0.556. The van der Waals surface area contributed by atoms with Crippen molar-refractivity contribution >= 4 is 11.8 Å². The molecule has 0 unspecified atom stereocenters. The van der Waals surface area contributed by atoms with E-state index in [1.807, 2.05) is 6.92 Å². The predicted octanol–water partition coefficient (Wildman–Crippen LogP) is -0.247.